The van der Waals surface area contributed by atoms with Crippen molar-refractivity contribution in [3.63, 3.8) is 0 Å². The third kappa shape index (κ3) is 5.36. The van der Waals surface area contributed by atoms with Crippen LogP contribution in [0.3, 0.4) is 0 Å². The van der Waals surface area contributed by atoms with Gasteiger partial charge in [0.15, 0.2) is 0 Å². The zero-order valence-electron chi connectivity index (χ0n) is 20.3. The monoisotopic (exact) mass is 485 g/mol. The van der Waals surface area contributed by atoms with Crippen LogP contribution in [0.25, 0.3) is 0 Å². The third-order valence-electron chi connectivity index (χ3n) is 6.69. The molecule has 2 aliphatic rings. The predicted molar refractivity (Wildman–Crippen MR) is 135 cm³/mol. The van der Waals surface area contributed by atoms with Crippen LogP contribution in [-0.2, 0) is 10.0 Å². The number of likely N-dealkylation sites (tertiary alicyclic amines) is 1. The summed E-state index contributed by atoms with van der Waals surface area (Å²) in [4.78, 5) is 22.4. The minimum Gasteiger partial charge on any atom is -0.353 e. The summed E-state index contributed by atoms with van der Waals surface area (Å²) >= 11 is 0. The van der Waals surface area contributed by atoms with Gasteiger partial charge in [0.2, 0.25) is 0 Å². The molecule has 3 heterocycles. The first-order valence-corrected chi connectivity index (χ1v) is 13.6. The van der Waals surface area contributed by atoms with Crippen LogP contribution in [0.1, 0.15) is 61.9 Å². The molecule has 1 atom stereocenters. The molecule has 34 heavy (non-hydrogen) atoms. The quantitative estimate of drug-likeness (QED) is 0.651. The number of anilines is 2. The number of sulfonamides is 1. The summed E-state index contributed by atoms with van der Waals surface area (Å²) in [7, 11) is -3.81. The second-order valence-corrected chi connectivity index (χ2v) is 11.2. The van der Waals surface area contributed by atoms with E-state index in [9.17, 15) is 13.2 Å². The molecule has 2 aromatic rings. The highest BCUT2D eigenvalue weighted by molar-refractivity contribution is 7.92. The van der Waals surface area contributed by atoms with Gasteiger partial charge in [0.1, 0.15) is 5.82 Å². The summed E-state index contributed by atoms with van der Waals surface area (Å²) in [6.45, 7) is 10.0. The second kappa shape index (κ2) is 10.3. The molecule has 184 valence electrons. The van der Waals surface area contributed by atoms with Crippen molar-refractivity contribution in [2.45, 2.75) is 56.9 Å². The number of carbonyl (C=O) groups is 1. The van der Waals surface area contributed by atoms with Crippen LogP contribution >= 0.6 is 0 Å². The minimum atomic E-state index is -3.81. The molecule has 1 amide bonds. The molecular formula is C25H35N5O3S. The lowest BCUT2D eigenvalue weighted by molar-refractivity contribution is 0.0636. The van der Waals surface area contributed by atoms with E-state index in [1.54, 1.807) is 18.2 Å². The highest BCUT2D eigenvalue weighted by atomic mass is 32.2. The molecule has 2 fully saturated rings. The maximum Gasteiger partial charge on any atom is 0.261 e. The average molecular weight is 486 g/mol. The number of rotatable bonds is 6. The molecule has 4 rings (SSSR count). The van der Waals surface area contributed by atoms with Crippen LogP contribution in [0, 0.1) is 0 Å². The van der Waals surface area contributed by atoms with Crippen molar-refractivity contribution < 1.29 is 13.2 Å². The van der Waals surface area contributed by atoms with E-state index in [-0.39, 0.29) is 16.8 Å². The molecule has 2 saturated heterocycles. The fourth-order valence-corrected chi connectivity index (χ4v) is 5.63. The molecule has 2 N–H and O–H groups in total. The van der Waals surface area contributed by atoms with Crippen molar-refractivity contribution in [3.8, 4) is 0 Å². The number of pyridine rings is 1. The SMILES string of the molecule is CC(C)c1ccc(S(=O)(=O)Nc2cnc(N3CCNCC3)c(C(=O)N3CCCC[C@@H]3C)c2)cc1. The number of hydrogen-bond acceptors (Lipinski definition) is 6. The summed E-state index contributed by atoms with van der Waals surface area (Å²) in [5.41, 5.74) is 1.82. The molecule has 2 aliphatic heterocycles. The molecule has 0 spiro atoms. The van der Waals surface area contributed by atoms with Gasteiger partial charge in [-0.1, -0.05) is 26.0 Å². The Labute approximate surface area is 202 Å². The van der Waals surface area contributed by atoms with Gasteiger partial charge in [0, 0.05) is 38.8 Å². The summed E-state index contributed by atoms with van der Waals surface area (Å²) in [6, 6.07) is 8.68. The smallest absolute Gasteiger partial charge is 0.261 e. The maximum absolute atomic E-state index is 13.6. The van der Waals surface area contributed by atoms with Crippen LogP contribution in [0.15, 0.2) is 41.4 Å². The Bertz CT molecular complexity index is 1110. The fourth-order valence-electron chi connectivity index (χ4n) is 4.60. The lowest BCUT2D eigenvalue weighted by atomic mass is 10.0. The molecule has 0 unspecified atom stereocenters. The molecule has 0 saturated carbocycles. The highest BCUT2D eigenvalue weighted by Gasteiger charge is 2.29. The van der Waals surface area contributed by atoms with Gasteiger partial charge in [-0.05, 0) is 55.9 Å². The van der Waals surface area contributed by atoms with Gasteiger partial charge in [-0.2, -0.15) is 0 Å². The second-order valence-electron chi connectivity index (χ2n) is 9.50. The molecule has 9 heteroatoms. The van der Waals surface area contributed by atoms with Gasteiger partial charge in [0.25, 0.3) is 15.9 Å². The molecular weight excluding hydrogens is 450 g/mol. The van der Waals surface area contributed by atoms with Gasteiger partial charge >= 0.3 is 0 Å². The molecule has 8 nitrogen and oxygen atoms in total. The number of amides is 1. The lowest BCUT2D eigenvalue weighted by Crippen LogP contribution is -2.46. The molecule has 0 radical (unpaired) electrons. The third-order valence-corrected chi connectivity index (χ3v) is 8.08. The molecule has 1 aromatic heterocycles. The lowest BCUT2D eigenvalue weighted by Gasteiger charge is -2.35. The number of carbonyl (C=O) groups excluding carboxylic acids is 1. The molecule has 0 bridgehead atoms. The Morgan fingerprint density at radius 2 is 1.82 bits per heavy atom. The van der Waals surface area contributed by atoms with Crippen LogP contribution in [0.5, 0.6) is 0 Å². The van der Waals surface area contributed by atoms with E-state index in [4.69, 9.17) is 0 Å². The van der Waals surface area contributed by atoms with Crippen LogP contribution in [0.4, 0.5) is 11.5 Å². The molecule has 0 aliphatic carbocycles. The van der Waals surface area contributed by atoms with E-state index in [0.29, 0.717) is 29.5 Å². The van der Waals surface area contributed by atoms with Crippen molar-refractivity contribution in [3.05, 3.63) is 47.7 Å². The standard InChI is InChI=1S/C25H35N5O3S/c1-18(2)20-7-9-22(10-8-20)34(32,33)28-21-16-23(25(31)30-13-5-4-6-19(30)3)24(27-17-21)29-14-11-26-12-15-29/h7-10,16-19,26,28H,4-6,11-15H2,1-3H3/t19-/m0/s1. The Balaban J connectivity index is 1.65. The van der Waals surface area contributed by atoms with Crippen molar-refractivity contribution in [2.24, 2.45) is 0 Å². The first kappa shape index (κ1) is 24.5. The summed E-state index contributed by atoms with van der Waals surface area (Å²) in [6.07, 6.45) is 4.57. The number of benzene rings is 1. The van der Waals surface area contributed by atoms with Crippen molar-refractivity contribution in [1.82, 2.24) is 15.2 Å². The van der Waals surface area contributed by atoms with E-state index in [2.05, 4.69) is 40.7 Å². The largest absolute Gasteiger partial charge is 0.353 e. The van der Waals surface area contributed by atoms with Gasteiger partial charge in [0.05, 0.1) is 22.3 Å². The number of nitrogens with zero attached hydrogens (tertiary/aromatic N) is 3. The van der Waals surface area contributed by atoms with Gasteiger partial charge < -0.3 is 15.1 Å². The van der Waals surface area contributed by atoms with E-state index < -0.39 is 10.0 Å². The van der Waals surface area contributed by atoms with E-state index in [1.165, 1.54) is 6.20 Å². The van der Waals surface area contributed by atoms with Gasteiger partial charge in [-0.15, -0.1) is 0 Å². The van der Waals surface area contributed by atoms with Crippen LogP contribution in [0.2, 0.25) is 0 Å². The normalized spacial score (nSPS) is 19.4. The Hall–Kier alpha value is -2.65. The van der Waals surface area contributed by atoms with Crippen LogP contribution in [-0.4, -0.2) is 63.0 Å². The zero-order chi connectivity index (χ0) is 24.3. The fraction of sp³-hybridized carbons (Fsp3) is 0.520. The van der Waals surface area contributed by atoms with Gasteiger partial charge in [-0.25, -0.2) is 13.4 Å². The number of nitrogens with one attached hydrogen (secondary N) is 2. The Kier molecular flexibility index (Phi) is 7.42. The number of hydrogen-bond donors (Lipinski definition) is 2. The maximum atomic E-state index is 13.6. The van der Waals surface area contributed by atoms with Crippen LogP contribution < -0.4 is 14.9 Å². The van der Waals surface area contributed by atoms with Crippen molar-refractivity contribution >= 4 is 27.4 Å². The average Bonchev–Trinajstić information content (AvgIpc) is 2.84. The number of aromatic nitrogens is 1. The highest BCUT2D eigenvalue weighted by Crippen LogP contribution is 2.28. The predicted octanol–water partition coefficient (Wildman–Crippen LogP) is 3.43. The summed E-state index contributed by atoms with van der Waals surface area (Å²) in [5.74, 6) is 0.848. The Morgan fingerprint density at radius 3 is 2.47 bits per heavy atom. The minimum absolute atomic E-state index is 0.0874. The zero-order valence-corrected chi connectivity index (χ0v) is 21.1. The Morgan fingerprint density at radius 1 is 1.12 bits per heavy atom. The van der Waals surface area contributed by atoms with Crippen molar-refractivity contribution in [1.29, 1.82) is 0 Å². The van der Waals surface area contributed by atoms with E-state index in [1.807, 2.05) is 17.0 Å². The first-order valence-electron chi connectivity index (χ1n) is 12.2. The van der Waals surface area contributed by atoms with E-state index in [0.717, 1.165) is 51.0 Å². The van der Waals surface area contributed by atoms with Crippen molar-refractivity contribution in [2.75, 3.05) is 42.3 Å². The van der Waals surface area contributed by atoms with E-state index >= 15 is 0 Å². The molecule has 1 aromatic carbocycles. The van der Waals surface area contributed by atoms with Gasteiger partial charge in [-0.3, -0.25) is 9.52 Å². The summed E-state index contributed by atoms with van der Waals surface area (Å²) < 4.78 is 28.7. The topological polar surface area (TPSA) is 94.6 Å². The number of piperidine rings is 1. The first-order chi connectivity index (χ1) is 16.3. The summed E-state index contributed by atoms with van der Waals surface area (Å²) in [5, 5.41) is 3.32. The number of piperazine rings is 1.